The van der Waals surface area contributed by atoms with Crippen LogP contribution in [-0.2, 0) is 19.3 Å². The molecule has 2 fully saturated rings. The minimum absolute atomic E-state index is 0.0655. The van der Waals surface area contributed by atoms with Gasteiger partial charge in [-0.25, -0.2) is 23.2 Å². The molecule has 1 aromatic carbocycles. The lowest BCUT2D eigenvalue weighted by Crippen LogP contribution is -2.44. The van der Waals surface area contributed by atoms with Crippen LogP contribution < -0.4 is 15.5 Å². The van der Waals surface area contributed by atoms with Crippen LogP contribution in [0.4, 0.5) is 16.3 Å². The maximum atomic E-state index is 13.3. The molecule has 3 aliphatic rings. The zero-order valence-electron chi connectivity index (χ0n) is 20.0. The average Bonchev–Trinajstić information content (AvgIpc) is 3.60. The summed E-state index contributed by atoms with van der Waals surface area (Å²) in [6, 6.07) is 7.44. The number of hydrogen-bond acceptors (Lipinski definition) is 7. The monoisotopic (exact) mass is 485 g/mol. The van der Waals surface area contributed by atoms with Crippen molar-refractivity contribution < 1.29 is 17.9 Å². The lowest BCUT2D eigenvalue weighted by molar-refractivity contribution is 0.0984. The number of nitrogens with zero attached hydrogens (tertiary/aromatic N) is 3. The van der Waals surface area contributed by atoms with Gasteiger partial charge in [0, 0.05) is 29.4 Å². The standard InChI is InChI=1S/C24H31N5O4S/c1-14-13-33-12-11-29(14)22-19-15(2)34(31,32)24(3,4)20(19)27-21(28-22)16-5-7-17(8-6-16)25-23(30)26-18-9-10-18/h5-8,14-15,18H,9-13H2,1-4H3,(H2,25,26,30). The molecule has 2 aromatic rings. The van der Waals surface area contributed by atoms with Gasteiger partial charge in [-0.05, 0) is 64.8 Å². The number of benzene rings is 1. The highest BCUT2D eigenvalue weighted by atomic mass is 32.2. The second kappa shape index (κ2) is 8.20. The van der Waals surface area contributed by atoms with E-state index in [1.54, 1.807) is 32.9 Å². The molecule has 1 saturated heterocycles. The van der Waals surface area contributed by atoms with Crippen LogP contribution in [-0.4, -0.2) is 56.3 Å². The number of urea groups is 1. The van der Waals surface area contributed by atoms with Gasteiger partial charge in [0.1, 0.15) is 10.6 Å². The molecular formula is C24H31N5O4S. The number of rotatable bonds is 4. The van der Waals surface area contributed by atoms with Crippen LogP contribution in [0, 0.1) is 0 Å². The zero-order chi connectivity index (χ0) is 24.3. The first kappa shape index (κ1) is 23.0. The first-order chi connectivity index (χ1) is 16.1. The van der Waals surface area contributed by atoms with Crippen molar-refractivity contribution in [3.63, 3.8) is 0 Å². The van der Waals surface area contributed by atoms with Crippen molar-refractivity contribution >= 4 is 27.4 Å². The number of aromatic nitrogens is 2. The molecule has 10 heteroatoms. The molecule has 9 nitrogen and oxygen atoms in total. The summed E-state index contributed by atoms with van der Waals surface area (Å²) in [5, 5.41) is 5.05. The van der Waals surface area contributed by atoms with Crippen LogP contribution >= 0.6 is 0 Å². The van der Waals surface area contributed by atoms with E-state index in [0.29, 0.717) is 48.3 Å². The molecular weight excluding hydrogens is 454 g/mol. The highest BCUT2D eigenvalue weighted by Gasteiger charge is 2.53. The fraction of sp³-hybridized carbons (Fsp3) is 0.542. The highest BCUT2D eigenvalue weighted by molar-refractivity contribution is 7.92. The van der Waals surface area contributed by atoms with Crippen LogP contribution in [0.25, 0.3) is 11.4 Å². The molecule has 2 aliphatic heterocycles. The third-order valence-electron chi connectivity index (χ3n) is 7.03. The normalized spacial score (nSPS) is 25.0. The van der Waals surface area contributed by atoms with Gasteiger partial charge < -0.3 is 20.3 Å². The summed E-state index contributed by atoms with van der Waals surface area (Å²) in [5.41, 5.74) is 2.68. The summed E-state index contributed by atoms with van der Waals surface area (Å²) in [6.07, 6.45) is 2.05. The Balaban J connectivity index is 1.55. The van der Waals surface area contributed by atoms with Crippen molar-refractivity contribution in [1.29, 1.82) is 0 Å². The van der Waals surface area contributed by atoms with Crippen LogP contribution in [0.3, 0.4) is 0 Å². The molecule has 0 spiro atoms. The van der Waals surface area contributed by atoms with E-state index in [1.807, 2.05) is 12.1 Å². The quantitative estimate of drug-likeness (QED) is 0.682. The van der Waals surface area contributed by atoms with Crippen LogP contribution in [0.1, 0.15) is 57.0 Å². The number of morpholine rings is 1. The number of anilines is 2. The molecule has 1 aromatic heterocycles. The molecule has 2 atom stereocenters. The third-order valence-corrected chi connectivity index (χ3v) is 9.81. The Morgan fingerprint density at radius 1 is 1.15 bits per heavy atom. The maximum absolute atomic E-state index is 13.3. The van der Waals surface area contributed by atoms with Gasteiger partial charge in [-0.15, -0.1) is 0 Å². The Morgan fingerprint density at radius 2 is 1.85 bits per heavy atom. The van der Waals surface area contributed by atoms with Crippen molar-refractivity contribution in [2.75, 3.05) is 30.0 Å². The minimum Gasteiger partial charge on any atom is -0.377 e. The molecule has 1 aliphatic carbocycles. The van der Waals surface area contributed by atoms with E-state index >= 15 is 0 Å². The van der Waals surface area contributed by atoms with E-state index in [1.165, 1.54) is 0 Å². The number of amides is 2. The summed E-state index contributed by atoms with van der Waals surface area (Å²) in [6.45, 7) is 8.98. The predicted octanol–water partition coefficient (Wildman–Crippen LogP) is 3.38. The van der Waals surface area contributed by atoms with Crippen molar-refractivity contribution in [3.8, 4) is 11.4 Å². The van der Waals surface area contributed by atoms with Gasteiger partial charge in [0.25, 0.3) is 0 Å². The van der Waals surface area contributed by atoms with Gasteiger partial charge in [-0.2, -0.15) is 0 Å². The Kier molecular flexibility index (Phi) is 5.55. The number of carbonyl (C=O) groups is 1. The van der Waals surface area contributed by atoms with Crippen LogP contribution in [0.15, 0.2) is 24.3 Å². The summed E-state index contributed by atoms with van der Waals surface area (Å²) >= 11 is 0. The fourth-order valence-electron chi connectivity index (χ4n) is 4.70. The number of hydrogen-bond donors (Lipinski definition) is 2. The Labute approximate surface area is 200 Å². The minimum atomic E-state index is -3.48. The Hall–Kier alpha value is -2.72. The highest BCUT2D eigenvalue weighted by Crippen LogP contribution is 2.51. The van der Waals surface area contributed by atoms with Gasteiger partial charge in [0.05, 0.1) is 30.2 Å². The second-order valence-electron chi connectivity index (χ2n) is 9.90. The number of fused-ring (bicyclic) bond motifs is 1. The van der Waals surface area contributed by atoms with Crippen LogP contribution in [0.5, 0.6) is 0 Å². The van der Waals surface area contributed by atoms with E-state index in [-0.39, 0.29) is 18.1 Å². The lowest BCUT2D eigenvalue weighted by Gasteiger charge is -2.36. The number of carbonyl (C=O) groups excluding carboxylic acids is 1. The molecule has 2 N–H and O–H groups in total. The largest absolute Gasteiger partial charge is 0.377 e. The van der Waals surface area contributed by atoms with Crippen molar-refractivity contribution in [2.45, 2.75) is 62.6 Å². The third kappa shape index (κ3) is 3.82. The molecule has 0 bridgehead atoms. The molecule has 182 valence electrons. The first-order valence-corrected chi connectivity index (χ1v) is 13.3. The number of sulfone groups is 1. The van der Waals surface area contributed by atoms with Gasteiger partial charge >= 0.3 is 6.03 Å². The summed E-state index contributed by atoms with van der Waals surface area (Å²) in [4.78, 5) is 23.9. The zero-order valence-corrected chi connectivity index (χ0v) is 20.8. The predicted molar refractivity (Wildman–Crippen MR) is 131 cm³/mol. The summed E-state index contributed by atoms with van der Waals surface area (Å²) < 4.78 is 31.1. The van der Waals surface area contributed by atoms with Gasteiger partial charge in [0.2, 0.25) is 0 Å². The van der Waals surface area contributed by atoms with Crippen molar-refractivity contribution in [1.82, 2.24) is 15.3 Å². The molecule has 2 amide bonds. The lowest BCUT2D eigenvalue weighted by atomic mass is 10.0. The molecule has 5 rings (SSSR count). The van der Waals surface area contributed by atoms with E-state index in [2.05, 4.69) is 22.5 Å². The smallest absolute Gasteiger partial charge is 0.319 e. The van der Waals surface area contributed by atoms with Crippen LogP contribution in [0.2, 0.25) is 0 Å². The Bertz CT molecular complexity index is 1220. The molecule has 2 unspecified atom stereocenters. The average molecular weight is 486 g/mol. The van der Waals surface area contributed by atoms with Crippen molar-refractivity contribution in [2.24, 2.45) is 0 Å². The molecule has 1 saturated carbocycles. The van der Waals surface area contributed by atoms with Crippen molar-refractivity contribution in [3.05, 3.63) is 35.5 Å². The summed E-state index contributed by atoms with van der Waals surface area (Å²) in [5.74, 6) is 1.14. The topological polar surface area (TPSA) is 114 Å². The van der Waals surface area contributed by atoms with E-state index in [4.69, 9.17) is 14.7 Å². The van der Waals surface area contributed by atoms with Gasteiger partial charge in [-0.3, -0.25) is 0 Å². The molecule has 34 heavy (non-hydrogen) atoms. The first-order valence-electron chi connectivity index (χ1n) is 11.8. The number of ether oxygens (including phenoxy) is 1. The maximum Gasteiger partial charge on any atom is 0.319 e. The Morgan fingerprint density at radius 3 is 2.50 bits per heavy atom. The van der Waals surface area contributed by atoms with E-state index < -0.39 is 19.8 Å². The van der Waals surface area contributed by atoms with Gasteiger partial charge in [-0.1, -0.05) is 0 Å². The summed E-state index contributed by atoms with van der Waals surface area (Å²) in [7, 11) is -3.48. The van der Waals surface area contributed by atoms with E-state index in [0.717, 1.165) is 18.4 Å². The second-order valence-corrected chi connectivity index (χ2v) is 12.7. The van der Waals surface area contributed by atoms with Gasteiger partial charge in [0.15, 0.2) is 15.7 Å². The van der Waals surface area contributed by atoms with E-state index in [9.17, 15) is 13.2 Å². The fourth-order valence-corrected chi connectivity index (χ4v) is 6.53. The molecule has 3 heterocycles. The molecule has 0 radical (unpaired) electrons. The SMILES string of the molecule is CC1COCCN1c1nc(-c2ccc(NC(=O)NC3CC3)cc2)nc2c1C(C)S(=O)(=O)C2(C)C. The number of nitrogens with one attached hydrogen (secondary N) is 2.